The number of hydrogen-bond acceptors (Lipinski definition) is 3. The number of carbonyl (C=O) groups excluding carboxylic acids is 2. The molecule has 0 aliphatic carbocycles. The number of rotatable bonds is 3. The van der Waals surface area contributed by atoms with Gasteiger partial charge in [0.2, 0.25) is 0 Å². The van der Waals surface area contributed by atoms with Crippen molar-refractivity contribution in [3.63, 3.8) is 0 Å². The van der Waals surface area contributed by atoms with Gasteiger partial charge in [-0.25, -0.2) is 4.79 Å². The number of anilines is 1. The zero-order valence-electron chi connectivity index (χ0n) is 14.4. The molecule has 1 aliphatic heterocycles. The molecule has 0 fully saturated rings. The van der Waals surface area contributed by atoms with Crippen LogP contribution in [0.4, 0.5) is 5.69 Å². The van der Waals surface area contributed by atoms with Crippen molar-refractivity contribution >= 4 is 62.8 Å². The first-order chi connectivity index (χ1) is 12.8. The van der Waals surface area contributed by atoms with E-state index >= 15 is 0 Å². The highest BCUT2D eigenvalue weighted by Gasteiger charge is 2.38. The molecule has 0 atom stereocenters. The van der Waals surface area contributed by atoms with Crippen molar-refractivity contribution in [1.29, 1.82) is 0 Å². The van der Waals surface area contributed by atoms with Crippen molar-refractivity contribution in [2.24, 2.45) is 0 Å². The Bertz CT molecular complexity index is 1010. The van der Waals surface area contributed by atoms with Gasteiger partial charge >= 0.3 is 5.97 Å². The summed E-state index contributed by atoms with van der Waals surface area (Å²) < 4.78 is 5.76. The van der Waals surface area contributed by atoms with Gasteiger partial charge in [-0.05, 0) is 48.9 Å². The molecule has 4 nitrogen and oxygen atoms in total. The zero-order chi connectivity index (χ0) is 19.7. The topological polar surface area (TPSA) is 46.6 Å². The largest absolute Gasteiger partial charge is 0.465 e. The van der Waals surface area contributed by atoms with E-state index in [1.807, 2.05) is 24.3 Å². The summed E-state index contributed by atoms with van der Waals surface area (Å²) in [6.45, 7) is 1.69. The first kappa shape index (κ1) is 19.7. The Morgan fingerprint density at radius 3 is 2.52 bits per heavy atom. The summed E-state index contributed by atoms with van der Waals surface area (Å²) in [6.07, 6.45) is 1.67. The smallest absolute Gasteiger partial charge is 0.340 e. The molecule has 3 rings (SSSR count). The maximum atomic E-state index is 13.2. The maximum Gasteiger partial charge on any atom is 0.340 e. The summed E-state index contributed by atoms with van der Waals surface area (Å²) in [5, 5.41) is 0.700. The molecule has 0 saturated carbocycles. The molecule has 2 aromatic rings. The summed E-state index contributed by atoms with van der Waals surface area (Å²) in [6, 6.07) is 12.3. The van der Waals surface area contributed by atoms with E-state index in [1.165, 1.54) is 12.0 Å². The van der Waals surface area contributed by atoms with Crippen molar-refractivity contribution in [3.8, 4) is 0 Å². The standard InChI is InChI=1S/C20H14BrCl2NO3/c1-11-18(20(26)27-2)15(9-12-4-3-5-13(21)8-12)19(25)24(11)14-6-7-16(22)17(23)10-14/h3-10H,1-2H3/b15-9-. The molecule has 138 valence electrons. The number of amides is 1. The van der Waals surface area contributed by atoms with Gasteiger partial charge in [-0.2, -0.15) is 0 Å². The number of esters is 1. The minimum atomic E-state index is -0.579. The second kappa shape index (κ2) is 7.89. The highest BCUT2D eigenvalue weighted by atomic mass is 79.9. The number of benzene rings is 2. The summed E-state index contributed by atoms with van der Waals surface area (Å²) in [7, 11) is 1.28. The van der Waals surface area contributed by atoms with E-state index < -0.39 is 5.97 Å². The van der Waals surface area contributed by atoms with E-state index in [9.17, 15) is 9.59 Å². The number of halogens is 3. The summed E-state index contributed by atoms with van der Waals surface area (Å²) >= 11 is 15.5. The lowest BCUT2D eigenvalue weighted by molar-refractivity contribution is -0.136. The first-order valence-corrected chi connectivity index (χ1v) is 9.44. The Morgan fingerprint density at radius 1 is 1.15 bits per heavy atom. The van der Waals surface area contributed by atoms with Crippen LogP contribution in [0.1, 0.15) is 12.5 Å². The van der Waals surface area contributed by atoms with Crippen LogP contribution in [-0.4, -0.2) is 19.0 Å². The quantitative estimate of drug-likeness (QED) is 0.434. The van der Waals surface area contributed by atoms with Gasteiger partial charge in [0.05, 0.1) is 34.0 Å². The van der Waals surface area contributed by atoms with E-state index in [4.69, 9.17) is 27.9 Å². The number of allylic oxidation sites excluding steroid dienone is 1. The van der Waals surface area contributed by atoms with Crippen LogP contribution in [0.5, 0.6) is 0 Å². The number of nitrogens with zero attached hydrogens (tertiary/aromatic N) is 1. The molecular weight excluding hydrogens is 453 g/mol. The molecule has 0 N–H and O–H groups in total. The van der Waals surface area contributed by atoms with Gasteiger partial charge in [0.25, 0.3) is 5.91 Å². The van der Waals surface area contributed by atoms with Crippen molar-refractivity contribution < 1.29 is 14.3 Å². The van der Waals surface area contributed by atoms with Crippen molar-refractivity contribution in [3.05, 3.63) is 79.4 Å². The molecule has 0 saturated heterocycles. The molecule has 7 heteroatoms. The maximum absolute atomic E-state index is 13.2. The van der Waals surface area contributed by atoms with Crippen LogP contribution in [0.25, 0.3) is 6.08 Å². The highest BCUT2D eigenvalue weighted by molar-refractivity contribution is 9.10. The molecule has 0 aromatic heterocycles. The molecule has 0 bridgehead atoms. The van der Waals surface area contributed by atoms with Gasteiger partial charge in [0, 0.05) is 10.2 Å². The molecule has 0 spiro atoms. The Morgan fingerprint density at radius 2 is 1.89 bits per heavy atom. The van der Waals surface area contributed by atoms with E-state index in [1.54, 1.807) is 31.2 Å². The first-order valence-electron chi connectivity index (χ1n) is 7.90. The zero-order valence-corrected chi connectivity index (χ0v) is 17.5. The molecule has 0 unspecified atom stereocenters. The Labute approximate surface area is 175 Å². The number of hydrogen-bond donors (Lipinski definition) is 0. The fourth-order valence-electron chi connectivity index (χ4n) is 2.88. The molecule has 1 aliphatic rings. The van der Waals surface area contributed by atoms with Crippen LogP contribution in [0.3, 0.4) is 0 Å². The fourth-order valence-corrected chi connectivity index (χ4v) is 3.59. The fraction of sp³-hybridized carbons (Fsp3) is 0.100. The SMILES string of the molecule is COC(=O)C1=C(C)N(c2ccc(Cl)c(Cl)c2)C(=O)/C1=C\c1cccc(Br)c1. The third-order valence-corrected chi connectivity index (χ3v) is 5.34. The second-order valence-corrected chi connectivity index (χ2v) is 7.53. The van der Waals surface area contributed by atoms with Gasteiger partial charge in [0.15, 0.2) is 0 Å². The lowest BCUT2D eigenvalue weighted by Crippen LogP contribution is -2.24. The monoisotopic (exact) mass is 465 g/mol. The molecule has 0 radical (unpaired) electrons. The van der Waals surface area contributed by atoms with Gasteiger partial charge in [-0.15, -0.1) is 0 Å². The number of carbonyl (C=O) groups is 2. The van der Waals surface area contributed by atoms with E-state index in [0.717, 1.165) is 10.0 Å². The molecule has 2 aromatic carbocycles. The predicted molar refractivity (Wildman–Crippen MR) is 111 cm³/mol. The van der Waals surface area contributed by atoms with Crippen molar-refractivity contribution in [2.45, 2.75) is 6.92 Å². The lowest BCUT2D eigenvalue weighted by atomic mass is 10.0. The molecule has 1 amide bonds. The Balaban J connectivity index is 2.15. The van der Waals surface area contributed by atoms with Crippen LogP contribution in [0, 0.1) is 0 Å². The van der Waals surface area contributed by atoms with Gasteiger partial charge in [-0.3, -0.25) is 9.69 Å². The molecule has 1 heterocycles. The highest BCUT2D eigenvalue weighted by Crippen LogP contribution is 2.37. The van der Waals surface area contributed by atoms with Gasteiger partial charge in [0.1, 0.15) is 0 Å². The average molecular weight is 467 g/mol. The van der Waals surface area contributed by atoms with Crippen molar-refractivity contribution in [1.82, 2.24) is 0 Å². The minimum Gasteiger partial charge on any atom is -0.465 e. The predicted octanol–water partition coefficient (Wildman–Crippen LogP) is 5.63. The third kappa shape index (κ3) is 3.81. The Hall–Kier alpha value is -2.08. The van der Waals surface area contributed by atoms with E-state index in [-0.39, 0.29) is 17.1 Å². The Kier molecular flexibility index (Phi) is 5.75. The van der Waals surface area contributed by atoms with Gasteiger partial charge in [-0.1, -0.05) is 51.3 Å². The molecular formula is C20H14BrCl2NO3. The summed E-state index contributed by atoms with van der Waals surface area (Å²) in [4.78, 5) is 27.0. The van der Waals surface area contributed by atoms with Crippen LogP contribution in [0.2, 0.25) is 10.0 Å². The van der Waals surface area contributed by atoms with Crippen LogP contribution in [-0.2, 0) is 14.3 Å². The van der Waals surface area contributed by atoms with Crippen LogP contribution in [0.15, 0.2) is 63.8 Å². The van der Waals surface area contributed by atoms with Crippen molar-refractivity contribution in [2.75, 3.05) is 12.0 Å². The third-order valence-electron chi connectivity index (χ3n) is 4.11. The van der Waals surface area contributed by atoms with E-state index in [2.05, 4.69) is 15.9 Å². The van der Waals surface area contributed by atoms with Gasteiger partial charge < -0.3 is 4.74 Å². The average Bonchev–Trinajstić information content (AvgIpc) is 2.87. The molecule has 27 heavy (non-hydrogen) atoms. The summed E-state index contributed by atoms with van der Waals surface area (Å²) in [5.74, 6) is -0.920. The van der Waals surface area contributed by atoms with Crippen LogP contribution < -0.4 is 4.90 Å². The number of methoxy groups -OCH3 is 1. The van der Waals surface area contributed by atoms with Crippen LogP contribution >= 0.6 is 39.1 Å². The second-order valence-electron chi connectivity index (χ2n) is 5.80. The lowest BCUT2D eigenvalue weighted by Gasteiger charge is -2.18. The number of ether oxygens (including phenoxy) is 1. The summed E-state index contributed by atoms with van der Waals surface area (Å²) in [5.41, 5.74) is 2.23. The normalized spacial score (nSPS) is 15.7. The minimum absolute atomic E-state index is 0.216. The van der Waals surface area contributed by atoms with E-state index in [0.29, 0.717) is 21.4 Å².